The van der Waals surface area contributed by atoms with Crippen LogP contribution in [0.2, 0.25) is 0 Å². The van der Waals surface area contributed by atoms with E-state index in [-0.39, 0.29) is 12.0 Å². The number of ether oxygens (including phenoxy) is 2. The van der Waals surface area contributed by atoms with Crippen LogP contribution in [-0.2, 0) is 9.53 Å². The Morgan fingerprint density at radius 3 is 2.33 bits per heavy atom. The largest absolute Gasteiger partial charge is 0.497 e. The molecule has 5 heteroatoms. The van der Waals surface area contributed by atoms with E-state index in [4.69, 9.17) is 9.47 Å². The molecule has 1 atom stereocenters. The van der Waals surface area contributed by atoms with Crippen molar-refractivity contribution in [3.05, 3.63) is 24.3 Å². The Morgan fingerprint density at radius 1 is 1.19 bits per heavy atom. The smallest absolute Gasteiger partial charge is 0.323 e. The van der Waals surface area contributed by atoms with Gasteiger partial charge < -0.3 is 14.4 Å². The molecule has 1 aromatic rings. The third-order valence-corrected chi connectivity index (χ3v) is 3.93. The minimum absolute atomic E-state index is 0.129. The summed E-state index contributed by atoms with van der Waals surface area (Å²) in [6.45, 7) is 7.76. The first-order chi connectivity index (χ1) is 10.2. The molecule has 0 amide bonds. The van der Waals surface area contributed by atoms with Crippen molar-refractivity contribution in [3.63, 3.8) is 0 Å². The number of carbonyl (C=O) groups excluding carboxylic acids is 1. The third kappa shape index (κ3) is 3.88. The second kappa shape index (κ2) is 7.31. The number of methoxy groups -OCH3 is 1. The summed E-state index contributed by atoms with van der Waals surface area (Å²) in [5.74, 6) is 0.740. The number of rotatable bonds is 5. The zero-order chi connectivity index (χ0) is 15.2. The molecule has 1 unspecified atom stereocenters. The fourth-order valence-electron chi connectivity index (χ4n) is 2.57. The van der Waals surface area contributed by atoms with Crippen molar-refractivity contribution in [1.29, 1.82) is 0 Å². The fraction of sp³-hybridized carbons (Fsp3) is 0.562. The molecule has 0 N–H and O–H groups in total. The first-order valence-corrected chi connectivity index (χ1v) is 7.45. The lowest BCUT2D eigenvalue weighted by atomic mass is 10.2. The van der Waals surface area contributed by atoms with Crippen LogP contribution in [0.3, 0.4) is 0 Å². The average Bonchev–Trinajstić information content (AvgIpc) is 2.54. The van der Waals surface area contributed by atoms with Crippen molar-refractivity contribution in [1.82, 2.24) is 4.90 Å². The predicted molar refractivity (Wildman–Crippen MR) is 82.9 cm³/mol. The fourth-order valence-corrected chi connectivity index (χ4v) is 2.57. The lowest BCUT2D eigenvalue weighted by Crippen LogP contribution is -2.52. The molecule has 1 heterocycles. The van der Waals surface area contributed by atoms with Gasteiger partial charge in [-0.3, -0.25) is 9.69 Å². The van der Waals surface area contributed by atoms with Crippen LogP contribution in [0.4, 0.5) is 5.69 Å². The van der Waals surface area contributed by atoms with Gasteiger partial charge in [-0.25, -0.2) is 0 Å². The summed E-state index contributed by atoms with van der Waals surface area (Å²) in [4.78, 5) is 16.3. The van der Waals surface area contributed by atoms with E-state index in [1.165, 1.54) is 5.69 Å². The van der Waals surface area contributed by atoms with E-state index in [0.717, 1.165) is 31.9 Å². The Morgan fingerprint density at radius 2 is 1.81 bits per heavy atom. The van der Waals surface area contributed by atoms with Crippen LogP contribution in [0.5, 0.6) is 5.75 Å². The van der Waals surface area contributed by atoms with Crippen molar-refractivity contribution in [2.75, 3.05) is 44.8 Å². The van der Waals surface area contributed by atoms with Crippen LogP contribution in [0, 0.1) is 0 Å². The summed E-state index contributed by atoms with van der Waals surface area (Å²) in [7, 11) is 1.67. The normalized spacial score (nSPS) is 17.4. The van der Waals surface area contributed by atoms with Gasteiger partial charge in [-0.1, -0.05) is 0 Å². The number of carbonyl (C=O) groups is 1. The van der Waals surface area contributed by atoms with Gasteiger partial charge in [0.15, 0.2) is 0 Å². The number of nitrogens with zero attached hydrogens (tertiary/aromatic N) is 2. The molecule has 1 aliphatic heterocycles. The summed E-state index contributed by atoms with van der Waals surface area (Å²) in [5, 5.41) is 0. The monoisotopic (exact) mass is 292 g/mol. The topological polar surface area (TPSA) is 42.0 Å². The molecule has 0 saturated carbocycles. The van der Waals surface area contributed by atoms with Crippen LogP contribution in [0.1, 0.15) is 13.8 Å². The van der Waals surface area contributed by atoms with Crippen molar-refractivity contribution >= 4 is 11.7 Å². The Kier molecular flexibility index (Phi) is 5.44. The van der Waals surface area contributed by atoms with Gasteiger partial charge in [0, 0.05) is 31.9 Å². The maximum atomic E-state index is 11.8. The van der Waals surface area contributed by atoms with Crippen molar-refractivity contribution in [2.24, 2.45) is 0 Å². The Bertz CT molecular complexity index is 453. The van der Waals surface area contributed by atoms with Gasteiger partial charge in [0.05, 0.1) is 13.7 Å². The number of hydrogen-bond donors (Lipinski definition) is 0. The Labute approximate surface area is 126 Å². The van der Waals surface area contributed by atoms with Gasteiger partial charge in [-0.05, 0) is 38.1 Å². The lowest BCUT2D eigenvalue weighted by Gasteiger charge is -2.38. The van der Waals surface area contributed by atoms with Gasteiger partial charge in [0.1, 0.15) is 11.8 Å². The maximum absolute atomic E-state index is 11.8. The molecule has 1 fully saturated rings. The molecular formula is C16H24N2O3. The minimum Gasteiger partial charge on any atom is -0.497 e. The number of anilines is 1. The molecule has 0 aliphatic carbocycles. The average molecular weight is 292 g/mol. The predicted octanol–water partition coefficient (Wildman–Crippen LogP) is 1.77. The van der Waals surface area contributed by atoms with Crippen molar-refractivity contribution in [2.45, 2.75) is 19.9 Å². The third-order valence-electron chi connectivity index (χ3n) is 3.93. The van der Waals surface area contributed by atoms with Crippen LogP contribution in [-0.4, -0.2) is 56.8 Å². The molecule has 0 bridgehead atoms. The maximum Gasteiger partial charge on any atom is 0.323 e. The van der Waals surface area contributed by atoms with E-state index in [0.29, 0.717) is 6.61 Å². The second-order valence-corrected chi connectivity index (χ2v) is 5.15. The first-order valence-electron chi connectivity index (χ1n) is 7.45. The zero-order valence-corrected chi connectivity index (χ0v) is 13.0. The lowest BCUT2D eigenvalue weighted by molar-refractivity contribution is -0.149. The molecule has 5 nitrogen and oxygen atoms in total. The Hall–Kier alpha value is -1.75. The molecule has 0 spiro atoms. The van der Waals surface area contributed by atoms with E-state index in [1.807, 2.05) is 26.0 Å². The van der Waals surface area contributed by atoms with E-state index >= 15 is 0 Å². The second-order valence-electron chi connectivity index (χ2n) is 5.15. The summed E-state index contributed by atoms with van der Waals surface area (Å²) < 4.78 is 10.3. The minimum atomic E-state index is -0.164. The van der Waals surface area contributed by atoms with Crippen molar-refractivity contribution in [3.8, 4) is 5.75 Å². The van der Waals surface area contributed by atoms with E-state index < -0.39 is 0 Å². The van der Waals surface area contributed by atoms with Gasteiger partial charge in [-0.15, -0.1) is 0 Å². The van der Waals surface area contributed by atoms with Crippen molar-refractivity contribution < 1.29 is 14.3 Å². The van der Waals surface area contributed by atoms with Gasteiger partial charge in [0.25, 0.3) is 0 Å². The number of piperazine rings is 1. The highest BCUT2D eigenvalue weighted by molar-refractivity contribution is 5.75. The number of benzene rings is 1. The Balaban J connectivity index is 1.88. The SMILES string of the molecule is CCOC(=O)C(C)N1CCN(c2ccc(OC)cc2)CC1. The molecule has 21 heavy (non-hydrogen) atoms. The zero-order valence-electron chi connectivity index (χ0n) is 13.0. The highest BCUT2D eigenvalue weighted by Gasteiger charge is 2.26. The number of esters is 1. The first kappa shape index (κ1) is 15.6. The summed E-state index contributed by atoms with van der Waals surface area (Å²) >= 11 is 0. The van der Waals surface area contributed by atoms with Gasteiger partial charge in [-0.2, -0.15) is 0 Å². The van der Waals surface area contributed by atoms with Gasteiger partial charge in [0.2, 0.25) is 0 Å². The number of hydrogen-bond acceptors (Lipinski definition) is 5. The van der Waals surface area contributed by atoms with Crippen LogP contribution >= 0.6 is 0 Å². The van der Waals surface area contributed by atoms with Crippen LogP contribution in [0.15, 0.2) is 24.3 Å². The molecule has 2 rings (SSSR count). The molecule has 0 aromatic heterocycles. The summed E-state index contributed by atoms with van der Waals surface area (Å²) in [6, 6.07) is 7.93. The van der Waals surface area contributed by atoms with Crippen LogP contribution < -0.4 is 9.64 Å². The van der Waals surface area contributed by atoms with Gasteiger partial charge >= 0.3 is 5.97 Å². The molecular weight excluding hydrogens is 268 g/mol. The quantitative estimate of drug-likeness (QED) is 0.774. The standard InChI is InChI=1S/C16H24N2O3/c1-4-21-16(19)13(2)17-9-11-18(12-10-17)14-5-7-15(20-3)8-6-14/h5-8,13H,4,9-12H2,1-3H3. The molecule has 0 radical (unpaired) electrons. The van der Waals surface area contributed by atoms with E-state index in [1.54, 1.807) is 7.11 Å². The van der Waals surface area contributed by atoms with E-state index in [2.05, 4.69) is 21.9 Å². The summed E-state index contributed by atoms with van der Waals surface area (Å²) in [6.07, 6.45) is 0. The highest BCUT2D eigenvalue weighted by atomic mass is 16.5. The molecule has 1 saturated heterocycles. The van der Waals surface area contributed by atoms with E-state index in [9.17, 15) is 4.79 Å². The molecule has 1 aliphatic rings. The molecule has 1 aromatic carbocycles. The van der Waals surface area contributed by atoms with Crippen LogP contribution in [0.25, 0.3) is 0 Å². The highest BCUT2D eigenvalue weighted by Crippen LogP contribution is 2.21. The summed E-state index contributed by atoms with van der Waals surface area (Å²) in [5.41, 5.74) is 1.19. The molecule has 116 valence electrons.